The second-order valence-corrected chi connectivity index (χ2v) is 10.1. The van der Waals surface area contributed by atoms with E-state index in [-0.39, 0.29) is 0 Å². The van der Waals surface area contributed by atoms with Crippen molar-refractivity contribution in [3.05, 3.63) is 151 Å². The van der Waals surface area contributed by atoms with Crippen molar-refractivity contribution >= 4 is 21.5 Å². The Morgan fingerprint density at radius 2 is 0.923 bits per heavy atom. The highest BCUT2D eigenvalue weighted by Gasteiger charge is 2.17. The van der Waals surface area contributed by atoms with Crippen LogP contribution in [0.1, 0.15) is 5.56 Å². The number of rotatable bonds is 4. The van der Waals surface area contributed by atoms with Crippen LogP contribution in [0.2, 0.25) is 0 Å². The molecule has 184 valence electrons. The van der Waals surface area contributed by atoms with Crippen LogP contribution in [-0.2, 0) is 0 Å². The van der Waals surface area contributed by atoms with E-state index in [1.165, 1.54) is 71.6 Å². The summed E-state index contributed by atoms with van der Waals surface area (Å²) in [4.78, 5) is 4.33. The fourth-order valence-corrected chi connectivity index (χ4v) is 5.80. The van der Waals surface area contributed by atoms with Crippen LogP contribution >= 0.6 is 0 Å². The Morgan fingerprint density at radius 1 is 0.410 bits per heavy atom. The van der Waals surface area contributed by atoms with Crippen LogP contribution in [0.5, 0.6) is 0 Å². The maximum atomic E-state index is 4.33. The summed E-state index contributed by atoms with van der Waals surface area (Å²) < 4.78 is 0. The minimum absolute atomic E-state index is 1.17. The van der Waals surface area contributed by atoms with Crippen molar-refractivity contribution in [3.63, 3.8) is 0 Å². The molecule has 0 aliphatic heterocycles. The SMILES string of the molecule is Cc1ccncc1-c1ccc(-c2ccc3c(-c4ccccc4)c4ccccc4c(-c4ccccc4)c3c2)cc1. The van der Waals surface area contributed by atoms with Crippen LogP contribution in [0.4, 0.5) is 0 Å². The summed E-state index contributed by atoms with van der Waals surface area (Å²) in [5, 5.41) is 5.09. The normalized spacial score (nSPS) is 11.2. The van der Waals surface area contributed by atoms with Gasteiger partial charge in [-0.1, -0.05) is 121 Å². The molecule has 7 aromatic rings. The number of hydrogen-bond acceptors (Lipinski definition) is 1. The largest absolute Gasteiger partial charge is 0.264 e. The molecule has 1 aromatic heterocycles. The number of nitrogens with zero attached hydrogens (tertiary/aromatic N) is 1. The number of hydrogen-bond donors (Lipinski definition) is 0. The Morgan fingerprint density at radius 3 is 1.54 bits per heavy atom. The van der Waals surface area contributed by atoms with E-state index in [1.54, 1.807) is 0 Å². The van der Waals surface area contributed by atoms with Crippen molar-refractivity contribution in [2.24, 2.45) is 0 Å². The Bertz CT molecular complexity index is 1940. The van der Waals surface area contributed by atoms with E-state index >= 15 is 0 Å². The average Bonchev–Trinajstić information content (AvgIpc) is 3.01. The lowest BCUT2D eigenvalue weighted by Crippen LogP contribution is -1.91. The fourth-order valence-electron chi connectivity index (χ4n) is 5.80. The van der Waals surface area contributed by atoms with Crippen molar-refractivity contribution in [2.75, 3.05) is 0 Å². The Labute approximate surface area is 229 Å². The second-order valence-electron chi connectivity index (χ2n) is 10.1. The lowest BCUT2D eigenvalue weighted by atomic mass is 9.85. The number of fused-ring (bicyclic) bond motifs is 2. The van der Waals surface area contributed by atoms with Crippen molar-refractivity contribution in [1.29, 1.82) is 0 Å². The van der Waals surface area contributed by atoms with E-state index in [1.807, 2.05) is 12.4 Å². The summed E-state index contributed by atoms with van der Waals surface area (Å²) in [5.74, 6) is 0. The zero-order chi connectivity index (χ0) is 26.2. The Kier molecular flexibility index (Phi) is 5.75. The number of aromatic nitrogens is 1. The predicted octanol–water partition coefficient (Wildman–Crippen LogP) is 10.4. The standard InChI is InChI=1S/C38H27N/c1-26-22-23-39-25-36(26)28-18-16-27(17-19-28)31-20-21-34-35(24-31)38(30-12-6-3-7-13-30)33-15-9-8-14-32(33)37(34)29-10-4-2-5-11-29/h2-25H,1H3. The van der Waals surface area contributed by atoms with Crippen LogP contribution in [-0.4, -0.2) is 4.98 Å². The molecule has 0 amide bonds. The first-order valence-corrected chi connectivity index (χ1v) is 13.4. The monoisotopic (exact) mass is 497 g/mol. The van der Waals surface area contributed by atoms with Gasteiger partial charge in [0.05, 0.1) is 0 Å². The topological polar surface area (TPSA) is 12.9 Å². The summed E-state index contributed by atoms with van der Waals surface area (Å²) in [6.07, 6.45) is 3.79. The summed E-state index contributed by atoms with van der Waals surface area (Å²) in [5.41, 5.74) is 11.1. The molecular formula is C38H27N. The lowest BCUT2D eigenvalue weighted by Gasteiger charge is -2.18. The lowest BCUT2D eigenvalue weighted by molar-refractivity contribution is 1.29. The van der Waals surface area contributed by atoms with Crippen molar-refractivity contribution < 1.29 is 0 Å². The Balaban J connectivity index is 1.49. The molecule has 39 heavy (non-hydrogen) atoms. The van der Waals surface area contributed by atoms with Gasteiger partial charge in [0.25, 0.3) is 0 Å². The highest BCUT2D eigenvalue weighted by molar-refractivity contribution is 6.21. The molecule has 1 heteroatoms. The molecule has 7 rings (SSSR count). The molecule has 0 aliphatic carbocycles. The van der Waals surface area contributed by atoms with Gasteiger partial charge in [-0.05, 0) is 85.1 Å². The van der Waals surface area contributed by atoms with Gasteiger partial charge in [0.2, 0.25) is 0 Å². The minimum atomic E-state index is 1.17. The molecule has 0 unspecified atom stereocenters. The van der Waals surface area contributed by atoms with Gasteiger partial charge in [-0.15, -0.1) is 0 Å². The molecular weight excluding hydrogens is 470 g/mol. The minimum Gasteiger partial charge on any atom is -0.264 e. The summed E-state index contributed by atoms with van der Waals surface area (Å²) in [6, 6.07) is 48.3. The average molecular weight is 498 g/mol. The predicted molar refractivity (Wildman–Crippen MR) is 166 cm³/mol. The molecule has 0 saturated carbocycles. The molecule has 0 atom stereocenters. The van der Waals surface area contributed by atoms with E-state index in [0.717, 1.165) is 0 Å². The smallest absolute Gasteiger partial charge is 0.0349 e. The summed E-state index contributed by atoms with van der Waals surface area (Å²) in [6.45, 7) is 2.13. The second kappa shape index (κ2) is 9.70. The molecule has 0 radical (unpaired) electrons. The first-order valence-electron chi connectivity index (χ1n) is 13.4. The molecule has 6 aromatic carbocycles. The molecule has 1 nitrogen and oxygen atoms in total. The fraction of sp³-hybridized carbons (Fsp3) is 0.0263. The van der Waals surface area contributed by atoms with Gasteiger partial charge in [0.1, 0.15) is 0 Å². The van der Waals surface area contributed by atoms with Crippen LogP contribution < -0.4 is 0 Å². The van der Waals surface area contributed by atoms with Gasteiger partial charge >= 0.3 is 0 Å². The molecule has 0 saturated heterocycles. The number of aryl methyl sites for hydroxylation is 1. The molecule has 1 heterocycles. The third kappa shape index (κ3) is 4.09. The van der Waals surface area contributed by atoms with E-state index in [0.29, 0.717) is 0 Å². The maximum absolute atomic E-state index is 4.33. The molecule has 0 aliphatic rings. The van der Waals surface area contributed by atoms with Crippen LogP contribution in [0.3, 0.4) is 0 Å². The van der Waals surface area contributed by atoms with Gasteiger partial charge in [-0.25, -0.2) is 0 Å². The first-order chi connectivity index (χ1) is 19.3. The highest BCUT2D eigenvalue weighted by atomic mass is 14.6. The first kappa shape index (κ1) is 23.1. The summed E-state index contributed by atoms with van der Waals surface area (Å²) in [7, 11) is 0. The van der Waals surface area contributed by atoms with Crippen LogP contribution in [0.25, 0.3) is 66.1 Å². The van der Waals surface area contributed by atoms with Crippen molar-refractivity contribution in [2.45, 2.75) is 6.92 Å². The number of pyridine rings is 1. The van der Waals surface area contributed by atoms with E-state index in [4.69, 9.17) is 0 Å². The van der Waals surface area contributed by atoms with Crippen molar-refractivity contribution in [3.8, 4) is 44.5 Å². The van der Waals surface area contributed by atoms with Crippen molar-refractivity contribution in [1.82, 2.24) is 4.98 Å². The molecule has 0 N–H and O–H groups in total. The van der Waals surface area contributed by atoms with Gasteiger partial charge in [0, 0.05) is 18.0 Å². The summed E-state index contributed by atoms with van der Waals surface area (Å²) >= 11 is 0. The number of benzene rings is 6. The third-order valence-corrected chi connectivity index (χ3v) is 7.72. The molecule has 0 bridgehead atoms. The molecule has 0 spiro atoms. The van der Waals surface area contributed by atoms with Gasteiger partial charge < -0.3 is 0 Å². The third-order valence-electron chi connectivity index (χ3n) is 7.72. The van der Waals surface area contributed by atoms with Gasteiger partial charge in [-0.2, -0.15) is 0 Å². The Hall–Kier alpha value is -5.01. The van der Waals surface area contributed by atoms with E-state index < -0.39 is 0 Å². The quantitative estimate of drug-likeness (QED) is 0.220. The van der Waals surface area contributed by atoms with Crippen LogP contribution in [0, 0.1) is 6.92 Å². The van der Waals surface area contributed by atoms with E-state index in [2.05, 4.69) is 145 Å². The van der Waals surface area contributed by atoms with E-state index in [9.17, 15) is 0 Å². The zero-order valence-corrected chi connectivity index (χ0v) is 21.8. The van der Waals surface area contributed by atoms with Gasteiger partial charge in [-0.3, -0.25) is 4.98 Å². The zero-order valence-electron chi connectivity index (χ0n) is 21.8. The molecule has 0 fully saturated rings. The maximum Gasteiger partial charge on any atom is 0.0349 e. The van der Waals surface area contributed by atoms with Gasteiger partial charge in [0.15, 0.2) is 0 Å². The highest BCUT2D eigenvalue weighted by Crippen LogP contribution is 2.44. The van der Waals surface area contributed by atoms with Crippen LogP contribution in [0.15, 0.2) is 146 Å².